The first-order valence-electron chi connectivity index (χ1n) is 10.1. The van der Waals surface area contributed by atoms with Crippen LogP contribution in [0.2, 0.25) is 0 Å². The average molecular weight is 374 g/mol. The number of anilines is 1. The van der Waals surface area contributed by atoms with Gasteiger partial charge in [-0.1, -0.05) is 39.0 Å². The Morgan fingerprint density at radius 2 is 1.93 bits per heavy atom. The molecule has 3 aromatic rings. The second-order valence-electron chi connectivity index (χ2n) is 8.19. The third-order valence-electron chi connectivity index (χ3n) is 5.86. The highest BCUT2D eigenvalue weighted by atomic mass is 16.2. The molecule has 4 nitrogen and oxygen atoms in total. The van der Waals surface area contributed by atoms with Gasteiger partial charge in [0.05, 0.1) is 11.9 Å². The molecule has 0 aliphatic carbocycles. The molecule has 1 aromatic carbocycles. The summed E-state index contributed by atoms with van der Waals surface area (Å²) in [7, 11) is 0. The predicted octanol–water partition coefficient (Wildman–Crippen LogP) is 5.30. The van der Waals surface area contributed by atoms with Gasteiger partial charge in [-0.3, -0.25) is 14.8 Å². The van der Waals surface area contributed by atoms with E-state index >= 15 is 0 Å². The molecule has 0 spiro atoms. The van der Waals surface area contributed by atoms with Gasteiger partial charge in [0.15, 0.2) is 0 Å². The third-order valence-corrected chi connectivity index (χ3v) is 5.86. The number of benzene rings is 1. The fourth-order valence-corrected chi connectivity index (χ4v) is 4.08. The number of pyridine rings is 2. The van der Waals surface area contributed by atoms with Crippen molar-refractivity contribution in [2.45, 2.75) is 45.4 Å². The van der Waals surface area contributed by atoms with Crippen molar-refractivity contribution in [1.29, 1.82) is 0 Å². The zero-order valence-corrected chi connectivity index (χ0v) is 16.8. The predicted molar refractivity (Wildman–Crippen MR) is 114 cm³/mol. The van der Waals surface area contributed by atoms with Crippen molar-refractivity contribution >= 4 is 22.4 Å². The number of hydrogen-bond acceptors (Lipinski definition) is 3. The summed E-state index contributed by atoms with van der Waals surface area (Å²) in [4.78, 5) is 23.6. The number of nitrogens with zero attached hydrogens (tertiary/aromatic N) is 3. The summed E-state index contributed by atoms with van der Waals surface area (Å²) >= 11 is 0. The van der Waals surface area contributed by atoms with E-state index in [0.29, 0.717) is 11.8 Å². The van der Waals surface area contributed by atoms with Crippen LogP contribution < -0.4 is 4.90 Å². The van der Waals surface area contributed by atoms with E-state index in [1.54, 1.807) is 0 Å². The summed E-state index contributed by atoms with van der Waals surface area (Å²) in [6.07, 6.45) is 7.35. The van der Waals surface area contributed by atoms with Gasteiger partial charge in [-0.25, -0.2) is 0 Å². The quantitative estimate of drug-likeness (QED) is 0.610. The van der Waals surface area contributed by atoms with Crippen LogP contribution in [0.5, 0.6) is 0 Å². The van der Waals surface area contributed by atoms with Crippen molar-refractivity contribution in [2.75, 3.05) is 11.4 Å². The topological polar surface area (TPSA) is 46.1 Å². The van der Waals surface area contributed by atoms with Crippen LogP contribution in [0.4, 0.5) is 5.69 Å². The molecule has 0 radical (unpaired) electrons. The maximum Gasteiger partial charge on any atom is 0.230 e. The second kappa shape index (κ2) is 7.70. The molecule has 2 aromatic heterocycles. The Morgan fingerprint density at radius 1 is 1.07 bits per heavy atom. The van der Waals surface area contributed by atoms with Gasteiger partial charge in [0.25, 0.3) is 0 Å². The highest BCUT2D eigenvalue weighted by Crippen LogP contribution is 2.33. The Kier molecular flexibility index (Phi) is 5.12. The van der Waals surface area contributed by atoms with Crippen LogP contribution in [0.3, 0.4) is 0 Å². The maximum atomic E-state index is 13.0. The SMILES string of the molecule is CC(C)c1ccc(N2CCC(C[C@H](C)c3ccc4cnccc4c3)C2=O)cn1. The number of amides is 1. The molecule has 1 aliphatic heterocycles. The van der Waals surface area contributed by atoms with E-state index in [0.717, 1.165) is 36.2 Å². The smallest absolute Gasteiger partial charge is 0.230 e. The Hall–Kier alpha value is -2.75. The monoisotopic (exact) mass is 373 g/mol. The summed E-state index contributed by atoms with van der Waals surface area (Å²) in [5.74, 6) is 1.05. The number of hydrogen-bond donors (Lipinski definition) is 0. The first-order chi connectivity index (χ1) is 13.5. The Labute approximate surface area is 166 Å². The number of carbonyl (C=O) groups excluding carboxylic acids is 1. The minimum absolute atomic E-state index is 0.0768. The molecule has 1 fully saturated rings. The Morgan fingerprint density at radius 3 is 2.68 bits per heavy atom. The van der Waals surface area contributed by atoms with Crippen molar-refractivity contribution < 1.29 is 4.79 Å². The van der Waals surface area contributed by atoms with Crippen molar-refractivity contribution in [1.82, 2.24) is 9.97 Å². The van der Waals surface area contributed by atoms with Crippen LogP contribution in [-0.4, -0.2) is 22.4 Å². The van der Waals surface area contributed by atoms with Crippen LogP contribution in [0.15, 0.2) is 55.0 Å². The van der Waals surface area contributed by atoms with E-state index in [4.69, 9.17) is 0 Å². The van der Waals surface area contributed by atoms with E-state index in [1.165, 1.54) is 10.9 Å². The lowest BCUT2D eigenvalue weighted by atomic mass is 9.88. The summed E-state index contributed by atoms with van der Waals surface area (Å²) in [6, 6.07) is 12.6. The molecule has 1 aliphatic rings. The van der Waals surface area contributed by atoms with Gasteiger partial charge >= 0.3 is 0 Å². The molecule has 0 saturated carbocycles. The van der Waals surface area contributed by atoms with E-state index < -0.39 is 0 Å². The number of aromatic nitrogens is 2. The average Bonchev–Trinajstić information content (AvgIpc) is 3.07. The Bertz CT molecular complexity index is 981. The third kappa shape index (κ3) is 3.64. The van der Waals surface area contributed by atoms with Crippen molar-refractivity contribution in [3.05, 3.63) is 66.2 Å². The molecule has 1 amide bonds. The molecule has 1 unspecified atom stereocenters. The summed E-state index contributed by atoms with van der Waals surface area (Å²) in [6.45, 7) is 7.26. The molecule has 4 rings (SSSR count). The molecular weight excluding hydrogens is 346 g/mol. The van der Waals surface area contributed by atoms with Crippen LogP contribution >= 0.6 is 0 Å². The largest absolute Gasteiger partial charge is 0.311 e. The molecule has 4 heteroatoms. The molecule has 0 N–H and O–H groups in total. The van der Waals surface area contributed by atoms with Gasteiger partial charge in [-0.05, 0) is 53.8 Å². The van der Waals surface area contributed by atoms with Gasteiger partial charge in [0.2, 0.25) is 5.91 Å². The van der Waals surface area contributed by atoms with Gasteiger partial charge in [0.1, 0.15) is 0 Å². The highest BCUT2D eigenvalue weighted by molar-refractivity contribution is 5.97. The summed E-state index contributed by atoms with van der Waals surface area (Å²) in [5.41, 5.74) is 3.27. The van der Waals surface area contributed by atoms with E-state index in [9.17, 15) is 4.79 Å². The fraction of sp³-hybridized carbons (Fsp3) is 0.375. The van der Waals surface area contributed by atoms with Crippen LogP contribution in [-0.2, 0) is 4.79 Å². The highest BCUT2D eigenvalue weighted by Gasteiger charge is 2.33. The maximum absolute atomic E-state index is 13.0. The van der Waals surface area contributed by atoms with Crippen molar-refractivity contribution in [3.8, 4) is 0 Å². The van der Waals surface area contributed by atoms with Crippen LogP contribution in [0.25, 0.3) is 10.8 Å². The summed E-state index contributed by atoms with van der Waals surface area (Å²) < 4.78 is 0. The zero-order chi connectivity index (χ0) is 19.7. The van der Waals surface area contributed by atoms with E-state index in [2.05, 4.69) is 48.9 Å². The summed E-state index contributed by atoms with van der Waals surface area (Å²) in [5, 5.41) is 2.36. The first kappa shape index (κ1) is 18.6. The zero-order valence-electron chi connectivity index (χ0n) is 16.8. The number of fused-ring (bicyclic) bond motifs is 1. The second-order valence-corrected chi connectivity index (χ2v) is 8.19. The lowest BCUT2D eigenvalue weighted by Gasteiger charge is -2.19. The van der Waals surface area contributed by atoms with Crippen molar-refractivity contribution in [2.24, 2.45) is 5.92 Å². The van der Waals surface area contributed by atoms with Crippen LogP contribution in [0.1, 0.15) is 56.7 Å². The molecule has 2 atom stereocenters. The number of carbonyl (C=O) groups is 1. The van der Waals surface area contributed by atoms with E-state index in [-0.39, 0.29) is 11.8 Å². The molecule has 144 valence electrons. The Balaban J connectivity index is 1.45. The fourth-order valence-electron chi connectivity index (χ4n) is 4.08. The van der Waals surface area contributed by atoms with Gasteiger partial charge in [-0.2, -0.15) is 0 Å². The molecule has 0 bridgehead atoms. The minimum atomic E-state index is 0.0768. The lowest BCUT2D eigenvalue weighted by molar-refractivity contribution is -0.120. The van der Waals surface area contributed by atoms with Crippen molar-refractivity contribution in [3.63, 3.8) is 0 Å². The first-order valence-corrected chi connectivity index (χ1v) is 10.1. The molecular formula is C24H27N3O. The van der Waals surface area contributed by atoms with Gasteiger partial charge in [0, 0.05) is 35.9 Å². The van der Waals surface area contributed by atoms with E-state index in [1.807, 2.05) is 41.7 Å². The minimum Gasteiger partial charge on any atom is -0.311 e. The van der Waals surface area contributed by atoms with Gasteiger partial charge < -0.3 is 4.90 Å². The molecule has 1 saturated heterocycles. The van der Waals surface area contributed by atoms with Crippen LogP contribution in [0, 0.1) is 5.92 Å². The molecule has 3 heterocycles. The number of rotatable bonds is 5. The molecule has 28 heavy (non-hydrogen) atoms. The van der Waals surface area contributed by atoms with Gasteiger partial charge in [-0.15, -0.1) is 0 Å². The normalized spacial score (nSPS) is 18.2. The standard InChI is InChI=1S/C24H27N3O/c1-16(2)23-7-6-22(15-26-23)27-11-9-20(24(27)28)12-17(3)18-4-5-21-14-25-10-8-19(21)13-18/h4-8,10,13-17,20H,9,11-12H2,1-3H3/t17-,20?/m0/s1. The lowest BCUT2D eigenvalue weighted by Crippen LogP contribution is -2.27.